The maximum Gasteiger partial charge on any atom is 0.165 e. The van der Waals surface area contributed by atoms with E-state index in [4.69, 9.17) is 10.2 Å². The van der Waals surface area contributed by atoms with Gasteiger partial charge >= 0.3 is 0 Å². The van der Waals surface area contributed by atoms with Crippen LogP contribution in [-0.4, -0.2) is 4.98 Å². The number of hydrogen-bond donors (Lipinski definition) is 1. The number of thiazole rings is 1. The highest BCUT2D eigenvalue weighted by Gasteiger charge is 2.16. The highest BCUT2D eigenvalue weighted by molar-refractivity contribution is 7.18. The van der Waals surface area contributed by atoms with Crippen molar-refractivity contribution in [2.45, 2.75) is 13.5 Å². The number of furan rings is 1. The van der Waals surface area contributed by atoms with Crippen molar-refractivity contribution in [1.29, 1.82) is 0 Å². The predicted octanol–water partition coefficient (Wildman–Crippen LogP) is 3.84. The van der Waals surface area contributed by atoms with Gasteiger partial charge in [-0.2, -0.15) is 0 Å². The Morgan fingerprint density at radius 2 is 2.00 bits per heavy atom. The second kappa shape index (κ2) is 4.99. The average molecular weight is 270 g/mol. The Morgan fingerprint density at radius 3 is 2.63 bits per heavy atom. The van der Waals surface area contributed by atoms with E-state index in [2.05, 4.69) is 17.1 Å². The van der Waals surface area contributed by atoms with Crippen LogP contribution in [0.3, 0.4) is 0 Å². The summed E-state index contributed by atoms with van der Waals surface area (Å²) < 4.78 is 5.51. The SMILES string of the molecule is Cc1ccoc1-c1nc(CN)c(-c2ccccc2)s1. The highest BCUT2D eigenvalue weighted by Crippen LogP contribution is 2.36. The molecule has 3 nitrogen and oxygen atoms in total. The number of rotatable bonds is 3. The molecule has 0 aliphatic heterocycles. The molecular weight excluding hydrogens is 256 g/mol. The maximum absolute atomic E-state index is 5.81. The molecule has 0 atom stereocenters. The van der Waals surface area contributed by atoms with Crippen molar-refractivity contribution >= 4 is 11.3 Å². The molecular formula is C15H14N2OS. The van der Waals surface area contributed by atoms with Gasteiger partial charge in [-0.15, -0.1) is 11.3 Å². The third kappa shape index (κ3) is 2.20. The van der Waals surface area contributed by atoms with Crippen molar-refractivity contribution in [3.8, 4) is 21.2 Å². The zero-order chi connectivity index (χ0) is 13.2. The molecule has 0 saturated carbocycles. The van der Waals surface area contributed by atoms with Crippen molar-refractivity contribution in [1.82, 2.24) is 4.98 Å². The van der Waals surface area contributed by atoms with Gasteiger partial charge < -0.3 is 10.2 Å². The van der Waals surface area contributed by atoms with Crippen molar-refractivity contribution in [2.75, 3.05) is 0 Å². The normalized spacial score (nSPS) is 10.8. The summed E-state index contributed by atoms with van der Waals surface area (Å²) >= 11 is 1.62. The molecule has 2 heterocycles. The molecule has 0 aliphatic carbocycles. The van der Waals surface area contributed by atoms with E-state index in [0.29, 0.717) is 6.54 Å². The molecule has 0 radical (unpaired) electrons. The van der Waals surface area contributed by atoms with Crippen LogP contribution in [-0.2, 0) is 6.54 Å². The molecule has 0 amide bonds. The number of nitrogens with zero attached hydrogens (tertiary/aromatic N) is 1. The minimum atomic E-state index is 0.431. The summed E-state index contributed by atoms with van der Waals surface area (Å²) in [5.74, 6) is 0.835. The lowest BCUT2D eigenvalue weighted by molar-refractivity contribution is 0.580. The van der Waals surface area contributed by atoms with Gasteiger partial charge in [-0.3, -0.25) is 0 Å². The lowest BCUT2D eigenvalue weighted by Crippen LogP contribution is -1.98. The first-order valence-electron chi connectivity index (χ1n) is 6.09. The number of nitrogens with two attached hydrogens (primary N) is 1. The number of aryl methyl sites for hydroxylation is 1. The molecule has 0 fully saturated rings. The number of benzene rings is 1. The molecule has 4 heteroatoms. The first-order valence-corrected chi connectivity index (χ1v) is 6.91. The first-order chi connectivity index (χ1) is 9.29. The quantitative estimate of drug-likeness (QED) is 0.786. The Hall–Kier alpha value is -1.91. The third-order valence-electron chi connectivity index (χ3n) is 2.98. The maximum atomic E-state index is 5.81. The van der Waals surface area contributed by atoms with Crippen LogP contribution in [0.2, 0.25) is 0 Å². The van der Waals surface area contributed by atoms with Crippen LogP contribution in [0.5, 0.6) is 0 Å². The third-order valence-corrected chi connectivity index (χ3v) is 4.13. The van der Waals surface area contributed by atoms with E-state index < -0.39 is 0 Å². The van der Waals surface area contributed by atoms with E-state index in [9.17, 15) is 0 Å². The largest absolute Gasteiger partial charge is 0.462 e. The van der Waals surface area contributed by atoms with E-state index in [-0.39, 0.29) is 0 Å². The highest BCUT2D eigenvalue weighted by atomic mass is 32.1. The Labute approximate surface area is 115 Å². The Kier molecular flexibility index (Phi) is 3.19. The van der Waals surface area contributed by atoms with Gasteiger partial charge in [-0.1, -0.05) is 30.3 Å². The van der Waals surface area contributed by atoms with Crippen molar-refractivity contribution in [3.05, 3.63) is 53.9 Å². The zero-order valence-electron chi connectivity index (χ0n) is 10.6. The monoisotopic (exact) mass is 270 g/mol. The summed E-state index contributed by atoms with van der Waals surface area (Å²) in [6, 6.07) is 12.1. The summed E-state index contributed by atoms with van der Waals surface area (Å²) in [4.78, 5) is 5.73. The molecule has 3 aromatic rings. The molecule has 1 aromatic carbocycles. The van der Waals surface area contributed by atoms with Gasteiger partial charge in [0.2, 0.25) is 0 Å². The summed E-state index contributed by atoms with van der Waals surface area (Å²) in [5.41, 5.74) is 8.97. The van der Waals surface area contributed by atoms with Gasteiger partial charge in [0.1, 0.15) is 0 Å². The van der Waals surface area contributed by atoms with Crippen molar-refractivity contribution < 1.29 is 4.42 Å². The Balaban J connectivity index is 2.12. The molecule has 0 aliphatic rings. The molecule has 0 unspecified atom stereocenters. The lowest BCUT2D eigenvalue weighted by Gasteiger charge is -1.98. The second-order valence-corrected chi connectivity index (χ2v) is 5.30. The van der Waals surface area contributed by atoms with Gasteiger partial charge in [-0.05, 0) is 24.1 Å². The second-order valence-electron chi connectivity index (χ2n) is 4.30. The van der Waals surface area contributed by atoms with Crippen LogP contribution in [0.4, 0.5) is 0 Å². The van der Waals surface area contributed by atoms with E-state index >= 15 is 0 Å². The van der Waals surface area contributed by atoms with Gasteiger partial charge in [0, 0.05) is 6.54 Å². The summed E-state index contributed by atoms with van der Waals surface area (Å²) in [6.45, 7) is 2.45. The van der Waals surface area contributed by atoms with Crippen LogP contribution in [0.25, 0.3) is 21.2 Å². The summed E-state index contributed by atoms with van der Waals surface area (Å²) in [5, 5.41) is 0.891. The Morgan fingerprint density at radius 1 is 1.21 bits per heavy atom. The fourth-order valence-corrected chi connectivity index (χ4v) is 3.15. The summed E-state index contributed by atoms with van der Waals surface area (Å²) in [6.07, 6.45) is 1.69. The van der Waals surface area contributed by atoms with E-state index in [1.54, 1.807) is 17.6 Å². The van der Waals surface area contributed by atoms with Crippen LogP contribution in [0.1, 0.15) is 11.3 Å². The van der Waals surface area contributed by atoms with E-state index in [1.165, 1.54) is 0 Å². The van der Waals surface area contributed by atoms with Crippen molar-refractivity contribution in [3.63, 3.8) is 0 Å². The molecule has 2 N–H and O–H groups in total. The van der Waals surface area contributed by atoms with Crippen LogP contribution in [0.15, 0.2) is 47.1 Å². The lowest BCUT2D eigenvalue weighted by atomic mass is 10.1. The molecule has 19 heavy (non-hydrogen) atoms. The van der Waals surface area contributed by atoms with Crippen LogP contribution < -0.4 is 5.73 Å². The summed E-state index contributed by atoms with van der Waals surface area (Å²) in [7, 11) is 0. The van der Waals surface area contributed by atoms with Gasteiger partial charge in [0.05, 0.1) is 16.8 Å². The first kappa shape index (κ1) is 12.1. The number of hydrogen-bond acceptors (Lipinski definition) is 4. The fourth-order valence-electron chi connectivity index (χ4n) is 1.99. The van der Waals surface area contributed by atoms with E-state index in [1.807, 2.05) is 31.2 Å². The van der Waals surface area contributed by atoms with Gasteiger partial charge in [0.25, 0.3) is 0 Å². The molecule has 96 valence electrons. The minimum Gasteiger partial charge on any atom is -0.462 e. The average Bonchev–Trinajstić information content (AvgIpc) is 3.05. The fraction of sp³-hybridized carbons (Fsp3) is 0.133. The van der Waals surface area contributed by atoms with Gasteiger partial charge in [0.15, 0.2) is 10.8 Å². The van der Waals surface area contributed by atoms with Gasteiger partial charge in [-0.25, -0.2) is 4.98 Å². The predicted molar refractivity (Wildman–Crippen MR) is 77.9 cm³/mol. The molecule has 0 spiro atoms. The minimum absolute atomic E-state index is 0.431. The molecule has 2 aromatic heterocycles. The topological polar surface area (TPSA) is 52.0 Å². The van der Waals surface area contributed by atoms with Crippen molar-refractivity contribution in [2.24, 2.45) is 5.73 Å². The van der Waals surface area contributed by atoms with Crippen LogP contribution in [0, 0.1) is 6.92 Å². The molecule has 0 bridgehead atoms. The van der Waals surface area contributed by atoms with E-state index in [0.717, 1.165) is 32.5 Å². The smallest absolute Gasteiger partial charge is 0.165 e. The number of aromatic nitrogens is 1. The standard InChI is InChI=1S/C15H14N2OS/c1-10-7-8-18-13(10)15-17-12(9-16)14(19-15)11-5-3-2-4-6-11/h2-8H,9,16H2,1H3. The molecule has 3 rings (SSSR count). The van der Waals surface area contributed by atoms with Crippen LogP contribution >= 0.6 is 11.3 Å². The molecule has 0 saturated heterocycles. The Bertz CT molecular complexity index is 685. The zero-order valence-corrected chi connectivity index (χ0v) is 11.4.